The van der Waals surface area contributed by atoms with Crippen LogP contribution in [0.25, 0.3) is 0 Å². The van der Waals surface area contributed by atoms with Gasteiger partial charge in [0.1, 0.15) is 0 Å². The number of hydrogen-bond acceptors (Lipinski definition) is 2. The maximum Gasteiger partial charge on any atom is 0.317 e. The fourth-order valence-corrected chi connectivity index (χ4v) is 3.32. The lowest BCUT2D eigenvalue weighted by Crippen LogP contribution is -2.48. The van der Waals surface area contributed by atoms with Gasteiger partial charge in [-0.05, 0) is 32.2 Å². The lowest BCUT2D eigenvalue weighted by Gasteiger charge is -2.38. The summed E-state index contributed by atoms with van der Waals surface area (Å²) < 4.78 is 0. The van der Waals surface area contributed by atoms with Crippen LogP contribution in [0.5, 0.6) is 0 Å². The van der Waals surface area contributed by atoms with Gasteiger partial charge in [-0.2, -0.15) is 0 Å². The van der Waals surface area contributed by atoms with E-state index in [1.165, 1.54) is 38.8 Å². The van der Waals surface area contributed by atoms with Gasteiger partial charge in [-0.1, -0.05) is 0 Å². The molecule has 0 saturated carbocycles. The highest BCUT2D eigenvalue weighted by molar-refractivity contribution is 5.76. The molecule has 0 bridgehead atoms. The number of piperidine rings is 1. The molecular weight excluding hydrogens is 190 g/mol. The fourth-order valence-electron chi connectivity index (χ4n) is 3.32. The summed E-state index contributed by atoms with van der Waals surface area (Å²) in [6, 6.07) is 1.43. The van der Waals surface area contributed by atoms with Crippen molar-refractivity contribution < 1.29 is 4.79 Å². The predicted octanol–water partition coefficient (Wildman–Crippen LogP) is 0.638. The van der Waals surface area contributed by atoms with Gasteiger partial charge in [0.15, 0.2) is 0 Å². The average molecular weight is 209 g/mol. The first-order valence-corrected chi connectivity index (χ1v) is 6.13. The van der Waals surface area contributed by atoms with Crippen molar-refractivity contribution >= 4 is 6.03 Å². The Balaban J connectivity index is 1.65. The van der Waals surface area contributed by atoms with Crippen molar-refractivity contribution in [3.63, 3.8) is 0 Å². The van der Waals surface area contributed by atoms with Gasteiger partial charge in [0.05, 0.1) is 0 Å². The average Bonchev–Trinajstić information content (AvgIpc) is 2.84. The van der Waals surface area contributed by atoms with Gasteiger partial charge in [0, 0.05) is 31.7 Å². The Morgan fingerprint density at radius 2 is 2.07 bits per heavy atom. The highest BCUT2D eigenvalue weighted by Crippen LogP contribution is 2.29. The molecule has 2 amide bonds. The third-order valence-electron chi connectivity index (χ3n) is 4.12. The molecule has 0 aromatic heterocycles. The van der Waals surface area contributed by atoms with Crippen LogP contribution in [0.3, 0.4) is 0 Å². The number of urea groups is 1. The molecule has 0 spiro atoms. The minimum absolute atomic E-state index is 0.159. The lowest BCUT2D eigenvalue weighted by molar-refractivity contribution is 0.115. The first-order valence-electron chi connectivity index (χ1n) is 6.13. The van der Waals surface area contributed by atoms with Crippen LogP contribution in [-0.4, -0.2) is 54.1 Å². The zero-order chi connectivity index (χ0) is 10.3. The highest BCUT2D eigenvalue weighted by atomic mass is 16.2. The van der Waals surface area contributed by atoms with Gasteiger partial charge in [-0.25, -0.2) is 4.79 Å². The molecule has 3 rings (SSSR count). The van der Waals surface area contributed by atoms with E-state index in [-0.39, 0.29) is 6.03 Å². The fraction of sp³-hybridized carbons (Fsp3) is 0.909. The molecule has 2 unspecified atom stereocenters. The first-order chi connectivity index (χ1) is 7.34. The Hall–Kier alpha value is -0.770. The topological polar surface area (TPSA) is 35.6 Å². The van der Waals surface area contributed by atoms with Crippen molar-refractivity contribution in [3.8, 4) is 0 Å². The Kier molecular flexibility index (Phi) is 2.31. The summed E-state index contributed by atoms with van der Waals surface area (Å²) in [5.74, 6) is 0. The maximum absolute atomic E-state index is 11.6. The van der Waals surface area contributed by atoms with Gasteiger partial charge < -0.3 is 15.1 Å². The largest absolute Gasteiger partial charge is 0.336 e. The zero-order valence-corrected chi connectivity index (χ0v) is 9.11. The van der Waals surface area contributed by atoms with Crippen molar-refractivity contribution in [2.75, 3.05) is 26.2 Å². The third kappa shape index (κ3) is 1.61. The molecule has 0 radical (unpaired) electrons. The van der Waals surface area contributed by atoms with E-state index >= 15 is 0 Å². The molecule has 15 heavy (non-hydrogen) atoms. The summed E-state index contributed by atoms with van der Waals surface area (Å²) in [4.78, 5) is 16.2. The quantitative estimate of drug-likeness (QED) is 0.688. The first kappa shape index (κ1) is 9.46. The molecule has 4 heteroatoms. The second-order valence-corrected chi connectivity index (χ2v) is 4.94. The summed E-state index contributed by atoms with van der Waals surface area (Å²) in [6.45, 7) is 4.22. The Morgan fingerprint density at radius 1 is 1.13 bits per heavy atom. The van der Waals surface area contributed by atoms with E-state index < -0.39 is 0 Å². The second-order valence-electron chi connectivity index (χ2n) is 4.94. The van der Waals surface area contributed by atoms with Gasteiger partial charge in [-0.15, -0.1) is 0 Å². The molecule has 1 N–H and O–H groups in total. The standard InChI is InChI=1S/C11H19N3O/c15-11-12-4-7-14(11)10-3-6-13-5-1-2-9(13)8-10/h9-10H,1-8H2,(H,12,15). The number of rotatable bonds is 1. The molecule has 0 aromatic carbocycles. The molecule has 3 aliphatic heterocycles. The van der Waals surface area contributed by atoms with Crippen molar-refractivity contribution in [2.24, 2.45) is 0 Å². The van der Waals surface area contributed by atoms with Crippen molar-refractivity contribution in [1.82, 2.24) is 15.1 Å². The highest BCUT2D eigenvalue weighted by Gasteiger charge is 2.36. The van der Waals surface area contributed by atoms with Gasteiger partial charge >= 0.3 is 6.03 Å². The van der Waals surface area contributed by atoms with Crippen LogP contribution in [0.15, 0.2) is 0 Å². The zero-order valence-electron chi connectivity index (χ0n) is 9.11. The number of carbonyl (C=O) groups is 1. The van der Waals surface area contributed by atoms with E-state index in [1.807, 2.05) is 0 Å². The Labute approximate surface area is 90.6 Å². The molecule has 3 aliphatic rings. The Bertz CT molecular complexity index is 269. The normalized spacial score (nSPS) is 36.8. The van der Waals surface area contributed by atoms with Crippen molar-refractivity contribution in [3.05, 3.63) is 0 Å². The van der Waals surface area contributed by atoms with Crippen LogP contribution in [0.1, 0.15) is 25.7 Å². The van der Waals surface area contributed by atoms with Crippen molar-refractivity contribution in [1.29, 1.82) is 0 Å². The SMILES string of the molecule is O=C1NCCN1C1CCN2CCCC2C1. The van der Waals surface area contributed by atoms with Crippen LogP contribution in [0.4, 0.5) is 4.79 Å². The smallest absolute Gasteiger partial charge is 0.317 e. The molecular formula is C11H19N3O. The summed E-state index contributed by atoms with van der Waals surface area (Å²) in [6.07, 6.45) is 5.06. The molecule has 0 aliphatic carbocycles. The molecule has 0 aromatic rings. The molecule has 3 fully saturated rings. The van der Waals surface area contributed by atoms with E-state index in [0.717, 1.165) is 19.1 Å². The molecule has 84 valence electrons. The summed E-state index contributed by atoms with van der Waals surface area (Å²) in [5.41, 5.74) is 0. The number of hydrogen-bond donors (Lipinski definition) is 1. The second kappa shape index (κ2) is 3.67. The number of fused-ring (bicyclic) bond motifs is 1. The summed E-state index contributed by atoms with van der Waals surface area (Å²) in [7, 11) is 0. The number of carbonyl (C=O) groups excluding carboxylic acids is 1. The third-order valence-corrected chi connectivity index (χ3v) is 4.12. The number of nitrogens with one attached hydrogen (secondary N) is 1. The minimum atomic E-state index is 0.159. The van der Waals surface area contributed by atoms with Crippen LogP contribution in [-0.2, 0) is 0 Å². The van der Waals surface area contributed by atoms with Crippen LogP contribution in [0.2, 0.25) is 0 Å². The van der Waals surface area contributed by atoms with Crippen LogP contribution < -0.4 is 5.32 Å². The predicted molar refractivity (Wildman–Crippen MR) is 57.7 cm³/mol. The van der Waals surface area contributed by atoms with Crippen LogP contribution >= 0.6 is 0 Å². The van der Waals surface area contributed by atoms with E-state index in [1.54, 1.807) is 0 Å². The van der Waals surface area contributed by atoms with E-state index in [4.69, 9.17) is 0 Å². The van der Waals surface area contributed by atoms with Gasteiger partial charge in [-0.3, -0.25) is 0 Å². The Morgan fingerprint density at radius 3 is 2.87 bits per heavy atom. The number of nitrogens with zero attached hydrogens (tertiary/aromatic N) is 2. The van der Waals surface area contributed by atoms with E-state index in [9.17, 15) is 4.79 Å². The van der Waals surface area contributed by atoms with Crippen molar-refractivity contribution in [2.45, 2.75) is 37.8 Å². The molecule has 3 saturated heterocycles. The monoisotopic (exact) mass is 209 g/mol. The van der Waals surface area contributed by atoms with Gasteiger partial charge in [0.25, 0.3) is 0 Å². The minimum Gasteiger partial charge on any atom is -0.336 e. The lowest BCUT2D eigenvalue weighted by atomic mass is 9.96. The van der Waals surface area contributed by atoms with Gasteiger partial charge in [0.2, 0.25) is 0 Å². The summed E-state index contributed by atoms with van der Waals surface area (Å²) >= 11 is 0. The van der Waals surface area contributed by atoms with E-state index in [2.05, 4.69) is 15.1 Å². The molecule has 4 nitrogen and oxygen atoms in total. The maximum atomic E-state index is 11.6. The molecule has 3 heterocycles. The summed E-state index contributed by atoms with van der Waals surface area (Å²) in [5, 5.41) is 2.90. The van der Waals surface area contributed by atoms with E-state index in [0.29, 0.717) is 6.04 Å². The van der Waals surface area contributed by atoms with Crippen LogP contribution in [0, 0.1) is 0 Å². The number of amides is 2. The molecule has 2 atom stereocenters.